The van der Waals surface area contributed by atoms with Gasteiger partial charge in [-0.05, 0) is 43.5 Å². The van der Waals surface area contributed by atoms with Crippen LogP contribution in [-0.4, -0.2) is 52.5 Å². The molecule has 1 N–H and O–H groups in total. The Bertz CT molecular complexity index is 1730. The van der Waals surface area contributed by atoms with Crippen molar-refractivity contribution in [3.05, 3.63) is 60.2 Å². The summed E-state index contributed by atoms with van der Waals surface area (Å²) < 4.78 is 37.5. The van der Waals surface area contributed by atoms with Crippen molar-refractivity contribution in [2.45, 2.75) is 32.0 Å². The monoisotopic (exact) mass is 561 g/mol. The van der Waals surface area contributed by atoms with Crippen molar-refractivity contribution in [2.24, 2.45) is 0 Å². The van der Waals surface area contributed by atoms with Crippen LogP contribution < -0.4 is 19.5 Å². The molecule has 0 bridgehead atoms. The van der Waals surface area contributed by atoms with E-state index in [0.29, 0.717) is 51.8 Å². The van der Waals surface area contributed by atoms with Crippen molar-refractivity contribution < 1.29 is 28.1 Å². The molecular formula is C28H24FN5O5S. The average molecular weight is 562 g/mol. The third kappa shape index (κ3) is 5.05. The molecule has 3 heterocycles. The number of thiazole rings is 1. The Morgan fingerprint density at radius 2 is 1.80 bits per heavy atom. The van der Waals surface area contributed by atoms with Gasteiger partial charge in [0.1, 0.15) is 17.2 Å². The number of nitrogens with zero attached hydrogens (tertiary/aromatic N) is 4. The summed E-state index contributed by atoms with van der Waals surface area (Å²) in [5.74, 6) is 0.396. The first kappa shape index (κ1) is 25.7. The topological polar surface area (TPSA) is 118 Å². The number of halogens is 1. The zero-order valence-corrected chi connectivity index (χ0v) is 22.6. The molecule has 2 atom stereocenters. The first-order valence-corrected chi connectivity index (χ1v) is 13.3. The van der Waals surface area contributed by atoms with Gasteiger partial charge in [0, 0.05) is 23.8 Å². The molecule has 3 aromatic heterocycles. The minimum absolute atomic E-state index is 0.0828. The molecule has 6 rings (SSSR count). The Hall–Kier alpha value is -4.58. The largest absolute Gasteiger partial charge is 0.483 e. The van der Waals surface area contributed by atoms with Crippen LogP contribution in [0.4, 0.5) is 14.9 Å². The summed E-state index contributed by atoms with van der Waals surface area (Å²) in [6, 6.07) is 10.2. The summed E-state index contributed by atoms with van der Waals surface area (Å²) in [7, 11) is 3.05. The molecule has 204 valence electrons. The molecule has 1 amide bonds. The third-order valence-electron chi connectivity index (χ3n) is 6.53. The van der Waals surface area contributed by atoms with E-state index in [0.717, 1.165) is 15.8 Å². The number of hydrogen-bond acceptors (Lipinski definition) is 10. The highest BCUT2D eigenvalue weighted by molar-refractivity contribution is 7.21. The van der Waals surface area contributed by atoms with Crippen molar-refractivity contribution >= 4 is 44.4 Å². The van der Waals surface area contributed by atoms with Gasteiger partial charge in [-0.15, -0.1) is 11.3 Å². The highest BCUT2D eigenvalue weighted by Crippen LogP contribution is 2.38. The molecule has 0 radical (unpaired) electrons. The van der Waals surface area contributed by atoms with Crippen molar-refractivity contribution in [1.29, 1.82) is 0 Å². The maximum atomic E-state index is 15.1. The predicted octanol–water partition coefficient (Wildman–Crippen LogP) is 5.92. The molecule has 1 aliphatic rings. The third-order valence-corrected chi connectivity index (χ3v) is 7.58. The number of carbonyl (C=O) groups is 1. The van der Waals surface area contributed by atoms with Gasteiger partial charge in [0.25, 0.3) is 0 Å². The first-order valence-electron chi connectivity index (χ1n) is 12.5. The van der Waals surface area contributed by atoms with Gasteiger partial charge in [0.05, 0.1) is 53.6 Å². The minimum Gasteiger partial charge on any atom is -0.483 e. The highest BCUT2D eigenvalue weighted by atomic mass is 32.1. The van der Waals surface area contributed by atoms with E-state index in [4.69, 9.17) is 18.9 Å². The number of fused-ring (bicyclic) bond motifs is 2. The Morgan fingerprint density at radius 3 is 2.52 bits per heavy atom. The summed E-state index contributed by atoms with van der Waals surface area (Å²) in [5, 5.41) is 3.31. The lowest BCUT2D eigenvalue weighted by atomic mass is 9.92. The smallest absolute Gasteiger partial charge is 0.412 e. The lowest BCUT2D eigenvalue weighted by Gasteiger charge is -2.35. The van der Waals surface area contributed by atoms with Crippen molar-refractivity contribution in [1.82, 2.24) is 19.9 Å². The van der Waals surface area contributed by atoms with E-state index in [-0.39, 0.29) is 5.75 Å². The number of aromatic nitrogens is 4. The Labute approximate surface area is 232 Å². The van der Waals surface area contributed by atoms with Crippen LogP contribution in [0.3, 0.4) is 0 Å². The van der Waals surface area contributed by atoms with Gasteiger partial charge >= 0.3 is 6.09 Å². The van der Waals surface area contributed by atoms with Gasteiger partial charge in [0.2, 0.25) is 11.8 Å². The van der Waals surface area contributed by atoms with Crippen LogP contribution in [0.15, 0.2) is 48.8 Å². The van der Waals surface area contributed by atoms with E-state index >= 15 is 4.39 Å². The van der Waals surface area contributed by atoms with Gasteiger partial charge < -0.3 is 18.9 Å². The molecule has 1 aliphatic carbocycles. The molecule has 40 heavy (non-hydrogen) atoms. The summed E-state index contributed by atoms with van der Waals surface area (Å²) in [5.41, 5.74) is 4.14. The highest BCUT2D eigenvalue weighted by Gasteiger charge is 2.37. The number of carbonyl (C=O) groups excluding carboxylic acids is 1. The molecule has 2 aromatic carbocycles. The molecule has 12 heteroatoms. The fraction of sp³-hybridized carbons (Fsp3) is 0.250. The normalized spacial score (nSPS) is 16.4. The summed E-state index contributed by atoms with van der Waals surface area (Å²) in [4.78, 5) is 30.1. The molecule has 5 aromatic rings. The quantitative estimate of drug-likeness (QED) is 0.258. The lowest BCUT2D eigenvalue weighted by Crippen LogP contribution is -2.45. The minimum atomic E-state index is -0.639. The van der Waals surface area contributed by atoms with Gasteiger partial charge in [-0.25, -0.2) is 29.1 Å². The fourth-order valence-corrected chi connectivity index (χ4v) is 5.37. The van der Waals surface area contributed by atoms with E-state index in [1.165, 1.54) is 30.7 Å². The maximum Gasteiger partial charge on any atom is 0.412 e. The van der Waals surface area contributed by atoms with Crippen molar-refractivity contribution in [3.63, 3.8) is 0 Å². The van der Waals surface area contributed by atoms with Gasteiger partial charge in [-0.3, -0.25) is 5.32 Å². The molecule has 1 saturated carbocycles. The van der Waals surface area contributed by atoms with Gasteiger partial charge in [0.15, 0.2) is 11.6 Å². The molecule has 0 spiro atoms. The van der Waals surface area contributed by atoms with Crippen LogP contribution in [0.2, 0.25) is 0 Å². The zero-order valence-electron chi connectivity index (χ0n) is 21.8. The van der Waals surface area contributed by atoms with Crippen LogP contribution in [-0.2, 0) is 4.74 Å². The second-order valence-electron chi connectivity index (χ2n) is 9.25. The zero-order chi connectivity index (χ0) is 27.8. The number of anilines is 1. The van der Waals surface area contributed by atoms with Crippen LogP contribution in [0.1, 0.15) is 18.4 Å². The van der Waals surface area contributed by atoms with E-state index in [1.54, 1.807) is 31.5 Å². The SMILES string of the molecule is COc1ccc(NC(=O)O[C@@H]2CC[C@@H]2Oc2cc3sc(-c4cc(C)cc5nc(OC)cnc45)nc3cc2F)cn1. The number of aryl methyl sites for hydroxylation is 1. The van der Waals surface area contributed by atoms with Crippen LogP contribution in [0, 0.1) is 12.7 Å². The number of rotatable bonds is 7. The molecular weight excluding hydrogens is 537 g/mol. The van der Waals surface area contributed by atoms with Gasteiger partial charge in [-0.1, -0.05) is 0 Å². The van der Waals surface area contributed by atoms with Gasteiger partial charge in [-0.2, -0.15) is 0 Å². The summed E-state index contributed by atoms with van der Waals surface area (Å²) >= 11 is 1.41. The van der Waals surface area contributed by atoms with E-state index in [1.807, 2.05) is 19.1 Å². The Morgan fingerprint density at radius 1 is 0.975 bits per heavy atom. The Kier molecular flexibility index (Phi) is 6.76. The number of pyridine rings is 1. The molecule has 1 fully saturated rings. The van der Waals surface area contributed by atoms with Crippen molar-refractivity contribution in [3.8, 4) is 28.1 Å². The Balaban J connectivity index is 1.19. The maximum absolute atomic E-state index is 15.1. The second-order valence-corrected chi connectivity index (χ2v) is 10.3. The molecule has 0 unspecified atom stereocenters. The lowest BCUT2D eigenvalue weighted by molar-refractivity contribution is -0.0431. The van der Waals surface area contributed by atoms with Crippen molar-refractivity contribution in [2.75, 3.05) is 19.5 Å². The average Bonchev–Trinajstić information content (AvgIpc) is 3.36. The fourth-order valence-electron chi connectivity index (χ4n) is 4.38. The standard InChI is InChI=1S/C28H24FN5O5S/c1-14-8-16(26-19(9-14)33-25(37-3)13-31-26)27-34-18-10-17(29)22(11-23(18)40-27)38-20-5-6-21(20)39-28(35)32-15-4-7-24(36-2)30-12-15/h4,7-13,20-21H,5-6H2,1-3H3,(H,32,35)/t20-,21+/m0/s1. The number of amides is 1. The van der Waals surface area contributed by atoms with Crippen LogP contribution in [0.5, 0.6) is 17.5 Å². The number of benzene rings is 2. The van der Waals surface area contributed by atoms with E-state index < -0.39 is 24.1 Å². The van der Waals surface area contributed by atoms with E-state index in [9.17, 15) is 4.79 Å². The van der Waals surface area contributed by atoms with Crippen LogP contribution >= 0.6 is 11.3 Å². The summed E-state index contributed by atoms with van der Waals surface area (Å²) in [6.07, 6.45) is 2.65. The van der Waals surface area contributed by atoms with E-state index in [2.05, 4.69) is 25.3 Å². The predicted molar refractivity (Wildman–Crippen MR) is 148 cm³/mol. The van der Waals surface area contributed by atoms with Crippen LogP contribution in [0.25, 0.3) is 31.8 Å². The first-order chi connectivity index (χ1) is 19.4. The molecule has 0 saturated heterocycles. The summed E-state index contributed by atoms with van der Waals surface area (Å²) in [6.45, 7) is 1.97. The second kappa shape index (κ2) is 10.5. The number of methoxy groups -OCH3 is 2. The number of nitrogens with one attached hydrogen (secondary N) is 1. The molecule has 10 nitrogen and oxygen atoms in total. The molecule has 0 aliphatic heterocycles. The number of hydrogen-bond donors (Lipinski definition) is 1. The number of ether oxygens (including phenoxy) is 4.